The number of ether oxygens (including phenoxy) is 2. The van der Waals surface area contributed by atoms with E-state index in [4.69, 9.17) is 9.47 Å². The second-order valence-corrected chi connectivity index (χ2v) is 7.35. The molecule has 1 aliphatic rings. The molecule has 0 aromatic heterocycles. The maximum Gasteiger partial charge on any atom is 0.175 e. The second-order valence-electron chi connectivity index (χ2n) is 6.50. The Balaban J connectivity index is 1.95. The lowest BCUT2D eigenvalue weighted by atomic mass is 9.82. The maximum atomic E-state index is 5.64. The van der Waals surface area contributed by atoms with Crippen LogP contribution < -0.4 is 14.8 Å². The molecule has 0 bridgehead atoms. The fraction of sp³-hybridized carbons (Fsp3) is 0.625. The van der Waals surface area contributed by atoms with Crippen molar-refractivity contribution in [1.82, 2.24) is 5.32 Å². The lowest BCUT2D eigenvalue weighted by Crippen LogP contribution is -2.29. The molecule has 1 heterocycles. The van der Waals surface area contributed by atoms with Gasteiger partial charge in [-0.25, -0.2) is 0 Å². The van der Waals surface area contributed by atoms with E-state index in [0.29, 0.717) is 24.5 Å². The summed E-state index contributed by atoms with van der Waals surface area (Å²) in [6.07, 6.45) is 0. The van der Waals surface area contributed by atoms with Crippen molar-refractivity contribution >= 4 is 15.9 Å². The van der Waals surface area contributed by atoms with E-state index in [1.165, 1.54) is 5.56 Å². The first-order chi connectivity index (χ1) is 9.38. The molecule has 0 spiro atoms. The molecule has 0 radical (unpaired) electrons. The summed E-state index contributed by atoms with van der Waals surface area (Å²) in [7, 11) is 0. The van der Waals surface area contributed by atoms with Gasteiger partial charge in [0.1, 0.15) is 13.2 Å². The van der Waals surface area contributed by atoms with E-state index < -0.39 is 0 Å². The first kappa shape index (κ1) is 15.6. The maximum absolute atomic E-state index is 5.64. The van der Waals surface area contributed by atoms with Gasteiger partial charge in [0.25, 0.3) is 0 Å². The zero-order chi connectivity index (χ0) is 14.8. The van der Waals surface area contributed by atoms with Crippen LogP contribution in [-0.4, -0.2) is 19.8 Å². The van der Waals surface area contributed by atoms with Gasteiger partial charge < -0.3 is 14.8 Å². The number of benzene rings is 1. The summed E-state index contributed by atoms with van der Waals surface area (Å²) in [5, 5.41) is 3.52. The van der Waals surface area contributed by atoms with Crippen molar-refractivity contribution in [2.24, 2.45) is 11.3 Å². The van der Waals surface area contributed by atoms with Crippen LogP contribution in [0.2, 0.25) is 0 Å². The van der Waals surface area contributed by atoms with Gasteiger partial charge in [0.2, 0.25) is 0 Å². The third-order valence-electron chi connectivity index (χ3n) is 3.91. The number of hydrogen-bond acceptors (Lipinski definition) is 3. The Morgan fingerprint density at radius 3 is 2.65 bits per heavy atom. The lowest BCUT2D eigenvalue weighted by molar-refractivity contribution is 0.170. The predicted octanol–water partition coefficient (Wildman–Crippen LogP) is 3.99. The summed E-state index contributed by atoms with van der Waals surface area (Å²) < 4.78 is 12.2. The summed E-state index contributed by atoms with van der Waals surface area (Å²) in [4.78, 5) is 0. The summed E-state index contributed by atoms with van der Waals surface area (Å²) in [6.45, 7) is 12.2. The first-order valence-electron chi connectivity index (χ1n) is 7.16. The highest BCUT2D eigenvalue weighted by atomic mass is 79.9. The second kappa shape index (κ2) is 6.35. The van der Waals surface area contributed by atoms with Crippen LogP contribution in [0.1, 0.15) is 33.3 Å². The van der Waals surface area contributed by atoms with Gasteiger partial charge in [-0.3, -0.25) is 0 Å². The van der Waals surface area contributed by atoms with Crippen LogP contribution in [0.3, 0.4) is 0 Å². The Morgan fingerprint density at radius 2 is 1.95 bits per heavy atom. The van der Waals surface area contributed by atoms with Gasteiger partial charge in [-0.05, 0) is 51.5 Å². The van der Waals surface area contributed by atoms with Crippen LogP contribution in [0.25, 0.3) is 0 Å². The predicted molar refractivity (Wildman–Crippen MR) is 85.5 cm³/mol. The standard InChI is InChI=1S/C16H24BrNO2/c1-11(16(2,3)4)9-18-10-12-7-13(17)15-14(8-12)19-5-6-20-15/h7-8,11,18H,5-6,9-10H2,1-4H3. The van der Waals surface area contributed by atoms with Crippen LogP contribution in [0.4, 0.5) is 0 Å². The number of rotatable bonds is 4. The number of fused-ring (bicyclic) bond motifs is 1. The molecule has 1 aromatic rings. The Hall–Kier alpha value is -0.740. The molecule has 1 aromatic carbocycles. The van der Waals surface area contributed by atoms with Crippen LogP contribution in [-0.2, 0) is 6.54 Å². The van der Waals surface area contributed by atoms with Gasteiger partial charge in [0, 0.05) is 6.54 Å². The van der Waals surface area contributed by atoms with Crippen LogP contribution in [0.5, 0.6) is 11.5 Å². The highest BCUT2D eigenvalue weighted by molar-refractivity contribution is 9.10. The average Bonchev–Trinajstić information content (AvgIpc) is 2.37. The molecule has 2 rings (SSSR count). The highest BCUT2D eigenvalue weighted by Gasteiger charge is 2.20. The van der Waals surface area contributed by atoms with Gasteiger partial charge in [-0.15, -0.1) is 0 Å². The summed E-state index contributed by atoms with van der Waals surface area (Å²) in [5.74, 6) is 2.29. The molecule has 0 saturated heterocycles. The Morgan fingerprint density at radius 1 is 1.25 bits per heavy atom. The van der Waals surface area contributed by atoms with E-state index in [1.807, 2.05) is 0 Å². The van der Waals surface area contributed by atoms with Crippen LogP contribution in [0.15, 0.2) is 16.6 Å². The van der Waals surface area contributed by atoms with E-state index in [2.05, 4.69) is 61.1 Å². The Kier molecular flexibility index (Phi) is 4.97. The summed E-state index contributed by atoms with van der Waals surface area (Å²) >= 11 is 3.55. The molecular formula is C16H24BrNO2. The zero-order valence-electron chi connectivity index (χ0n) is 12.8. The fourth-order valence-corrected chi connectivity index (χ4v) is 2.61. The molecule has 4 heteroatoms. The van der Waals surface area contributed by atoms with E-state index >= 15 is 0 Å². The molecule has 1 atom stereocenters. The molecular weight excluding hydrogens is 318 g/mol. The van der Waals surface area contributed by atoms with Crippen molar-refractivity contribution in [3.05, 3.63) is 22.2 Å². The van der Waals surface area contributed by atoms with Gasteiger partial charge in [-0.1, -0.05) is 27.7 Å². The number of nitrogens with one attached hydrogen (secondary N) is 1. The lowest BCUT2D eigenvalue weighted by Gasteiger charge is -2.27. The zero-order valence-corrected chi connectivity index (χ0v) is 14.3. The fourth-order valence-electron chi connectivity index (χ4n) is 2.01. The third kappa shape index (κ3) is 3.89. The summed E-state index contributed by atoms with van der Waals surface area (Å²) in [5.41, 5.74) is 1.54. The molecule has 0 fully saturated rings. The SMILES string of the molecule is CC(CNCc1cc(Br)c2c(c1)OCCO2)C(C)(C)C. The van der Waals surface area contributed by atoms with Crippen LogP contribution >= 0.6 is 15.9 Å². The van der Waals surface area contributed by atoms with Crippen molar-refractivity contribution in [1.29, 1.82) is 0 Å². The van der Waals surface area contributed by atoms with Crippen molar-refractivity contribution in [2.45, 2.75) is 34.2 Å². The number of hydrogen-bond donors (Lipinski definition) is 1. The van der Waals surface area contributed by atoms with Gasteiger partial charge in [0.15, 0.2) is 11.5 Å². The quantitative estimate of drug-likeness (QED) is 0.897. The van der Waals surface area contributed by atoms with E-state index in [0.717, 1.165) is 29.1 Å². The van der Waals surface area contributed by atoms with Gasteiger partial charge >= 0.3 is 0 Å². The third-order valence-corrected chi connectivity index (χ3v) is 4.50. The smallest absolute Gasteiger partial charge is 0.175 e. The minimum atomic E-state index is 0.334. The Bertz CT molecular complexity index is 468. The molecule has 3 nitrogen and oxygen atoms in total. The normalized spacial score (nSPS) is 16.1. The molecule has 112 valence electrons. The van der Waals surface area contributed by atoms with E-state index in [1.54, 1.807) is 0 Å². The van der Waals surface area contributed by atoms with Crippen molar-refractivity contribution in [3.63, 3.8) is 0 Å². The van der Waals surface area contributed by atoms with Gasteiger partial charge in [0.05, 0.1) is 4.47 Å². The average molecular weight is 342 g/mol. The van der Waals surface area contributed by atoms with E-state index in [9.17, 15) is 0 Å². The molecule has 1 N–H and O–H groups in total. The van der Waals surface area contributed by atoms with Crippen molar-refractivity contribution in [2.75, 3.05) is 19.8 Å². The molecule has 0 saturated carbocycles. The number of halogens is 1. The molecule has 0 amide bonds. The van der Waals surface area contributed by atoms with Gasteiger partial charge in [-0.2, -0.15) is 0 Å². The highest BCUT2D eigenvalue weighted by Crippen LogP contribution is 2.38. The molecule has 0 aliphatic carbocycles. The summed E-state index contributed by atoms with van der Waals surface area (Å²) in [6, 6.07) is 4.16. The minimum Gasteiger partial charge on any atom is -0.486 e. The first-order valence-corrected chi connectivity index (χ1v) is 7.96. The minimum absolute atomic E-state index is 0.334. The van der Waals surface area contributed by atoms with Crippen molar-refractivity contribution < 1.29 is 9.47 Å². The molecule has 1 aliphatic heterocycles. The molecule has 20 heavy (non-hydrogen) atoms. The molecule has 1 unspecified atom stereocenters. The Labute approximate surface area is 130 Å². The van der Waals surface area contributed by atoms with Crippen LogP contribution in [0, 0.1) is 11.3 Å². The van der Waals surface area contributed by atoms with E-state index in [-0.39, 0.29) is 0 Å². The largest absolute Gasteiger partial charge is 0.486 e. The monoisotopic (exact) mass is 341 g/mol. The topological polar surface area (TPSA) is 30.5 Å². The van der Waals surface area contributed by atoms with Crippen molar-refractivity contribution in [3.8, 4) is 11.5 Å².